The van der Waals surface area contributed by atoms with Crippen LogP contribution in [-0.2, 0) is 4.74 Å². The van der Waals surface area contributed by atoms with Crippen LogP contribution in [0.25, 0.3) is 0 Å². The van der Waals surface area contributed by atoms with Crippen LogP contribution in [0.4, 0.5) is 8.78 Å². The highest BCUT2D eigenvalue weighted by molar-refractivity contribution is 5.23. The third-order valence-corrected chi connectivity index (χ3v) is 1.20. The summed E-state index contributed by atoms with van der Waals surface area (Å²) in [4.78, 5) is 0. The van der Waals surface area contributed by atoms with Crippen LogP contribution in [0.2, 0.25) is 0 Å². The van der Waals surface area contributed by atoms with Crippen molar-refractivity contribution < 1.29 is 13.5 Å². The van der Waals surface area contributed by atoms with E-state index in [4.69, 9.17) is 0 Å². The molecule has 11 heavy (non-hydrogen) atoms. The van der Waals surface area contributed by atoms with Gasteiger partial charge < -0.3 is 4.74 Å². The molecule has 1 radical (unpaired) electrons. The summed E-state index contributed by atoms with van der Waals surface area (Å²) < 4.78 is 29.6. The minimum atomic E-state index is -0.492. The molecule has 0 N–H and O–H groups in total. The highest BCUT2D eigenvalue weighted by atomic mass is 19.1. The predicted molar refractivity (Wildman–Crippen MR) is 36.8 cm³/mol. The van der Waals surface area contributed by atoms with Gasteiger partial charge >= 0.3 is 0 Å². The minimum Gasteiger partial charge on any atom is -0.374 e. The molecule has 0 spiro atoms. The fourth-order valence-corrected chi connectivity index (χ4v) is 0.732. The van der Waals surface area contributed by atoms with Crippen molar-refractivity contribution in [1.29, 1.82) is 0 Å². The Labute approximate surface area is 63.6 Å². The second-order valence-corrected chi connectivity index (χ2v) is 2.02. The molecule has 59 valence electrons. The summed E-state index contributed by atoms with van der Waals surface area (Å²) in [6.45, 7) is 1.15. The maximum atomic E-state index is 12.7. The molecular weight excluding hydrogens is 150 g/mol. The molecule has 0 aliphatic carbocycles. The first-order valence-corrected chi connectivity index (χ1v) is 3.05. The van der Waals surface area contributed by atoms with Crippen molar-refractivity contribution in [2.24, 2.45) is 0 Å². The average molecular weight is 157 g/mol. The first kappa shape index (κ1) is 8.14. The monoisotopic (exact) mass is 157 g/mol. The Hall–Kier alpha value is -0.960. The standard InChI is InChI=1S/C8H7F2O/c1-11-5-6-4-7(9)2-3-8(6)10/h2-5H,1H3. The van der Waals surface area contributed by atoms with Crippen LogP contribution in [0.5, 0.6) is 0 Å². The highest BCUT2D eigenvalue weighted by Gasteiger charge is 2.02. The Balaban J connectivity index is 2.93. The van der Waals surface area contributed by atoms with Gasteiger partial charge in [-0.25, -0.2) is 8.78 Å². The molecule has 0 fully saturated rings. The Kier molecular flexibility index (Phi) is 2.54. The van der Waals surface area contributed by atoms with Crippen LogP contribution in [0.1, 0.15) is 5.56 Å². The number of benzene rings is 1. The summed E-state index contributed by atoms with van der Waals surface area (Å²) in [5.74, 6) is -0.969. The number of hydrogen-bond donors (Lipinski definition) is 0. The zero-order chi connectivity index (χ0) is 8.27. The topological polar surface area (TPSA) is 9.23 Å². The van der Waals surface area contributed by atoms with E-state index in [1.54, 1.807) is 0 Å². The third-order valence-electron chi connectivity index (χ3n) is 1.20. The van der Waals surface area contributed by atoms with Gasteiger partial charge in [0.2, 0.25) is 0 Å². The molecule has 0 aromatic heterocycles. The van der Waals surface area contributed by atoms with Gasteiger partial charge in [0.25, 0.3) is 0 Å². The molecule has 0 bridgehead atoms. The van der Waals surface area contributed by atoms with Crippen molar-refractivity contribution in [3.8, 4) is 0 Å². The molecule has 0 unspecified atom stereocenters. The van der Waals surface area contributed by atoms with E-state index in [0.29, 0.717) is 0 Å². The van der Waals surface area contributed by atoms with E-state index >= 15 is 0 Å². The van der Waals surface area contributed by atoms with E-state index in [1.165, 1.54) is 7.11 Å². The molecule has 1 nitrogen and oxygen atoms in total. The van der Waals surface area contributed by atoms with E-state index in [2.05, 4.69) is 4.74 Å². The normalized spacial score (nSPS) is 10.1. The van der Waals surface area contributed by atoms with Crippen molar-refractivity contribution in [1.82, 2.24) is 0 Å². The molecule has 0 saturated carbocycles. The van der Waals surface area contributed by atoms with Gasteiger partial charge in [-0.1, -0.05) is 0 Å². The van der Waals surface area contributed by atoms with Crippen molar-refractivity contribution >= 4 is 0 Å². The van der Waals surface area contributed by atoms with Gasteiger partial charge in [0.15, 0.2) is 0 Å². The van der Waals surface area contributed by atoms with E-state index < -0.39 is 11.6 Å². The van der Waals surface area contributed by atoms with Crippen molar-refractivity contribution in [2.45, 2.75) is 0 Å². The molecular formula is C8H7F2O. The van der Waals surface area contributed by atoms with Gasteiger partial charge in [0, 0.05) is 12.7 Å². The van der Waals surface area contributed by atoms with Crippen LogP contribution >= 0.6 is 0 Å². The number of methoxy groups -OCH3 is 1. The van der Waals surface area contributed by atoms with Gasteiger partial charge in [0.05, 0.1) is 0 Å². The zero-order valence-electron chi connectivity index (χ0n) is 5.97. The van der Waals surface area contributed by atoms with Gasteiger partial charge in [-0.05, 0) is 18.2 Å². The molecule has 1 rings (SSSR count). The SMILES string of the molecule is CO[CH]c1cc(F)ccc1F. The van der Waals surface area contributed by atoms with Crippen molar-refractivity contribution in [3.63, 3.8) is 0 Å². The Morgan fingerprint density at radius 2 is 2.09 bits per heavy atom. The van der Waals surface area contributed by atoms with Crippen LogP contribution < -0.4 is 0 Å². The molecule has 0 saturated heterocycles. The number of ether oxygens (including phenoxy) is 1. The summed E-state index contributed by atoms with van der Waals surface area (Å²) in [6.07, 6.45) is 0. The van der Waals surface area contributed by atoms with Crippen molar-refractivity contribution in [3.05, 3.63) is 42.0 Å². The van der Waals surface area contributed by atoms with E-state index in [-0.39, 0.29) is 5.56 Å². The summed E-state index contributed by atoms with van der Waals surface area (Å²) in [5, 5.41) is 0. The maximum absolute atomic E-state index is 12.7. The van der Waals surface area contributed by atoms with E-state index in [9.17, 15) is 8.78 Å². The smallest absolute Gasteiger partial charge is 0.129 e. The lowest BCUT2D eigenvalue weighted by Crippen LogP contribution is -1.90. The summed E-state index contributed by atoms with van der Waals surface area (Å²) >= 11 is 0. The van der Waals surface area contributed by atoms with Gasteiger partial charge in [0.1, 0.15) is 18.2 Å². The number of rotatable bonds is 2. The Morgan fingerprint density at radius 3 is 2.73 bits per heavy atom. The first-order chi connectivity index (χ1) is 5.24. The van der Waals surface area contributed by atoms with E-state index in [0.717, 1.165) is 24.8 Å². The highest BCUT2D eigenvalue weighted by Crippen LogP contribution is 2.11. The van der Waals surface area contributed by atoms with Crippen LogP contribution in [0.15, 0.2) is 18.2 Å². The summed E-state index contributed by atoms with van der Waals surface area (Å²) in [5.41, 5.74) is 0.118. The molecule has 0 aliphatic heterocycles. The molecule has 1 aromatic carbocycles. The summed E-state index contributed by atoms with van der Waals surface area (Å²) in [6, 6.07) is 3.18. The lowest BCUT2D eigenvalue weighted by molar-refractivity contribution is 0.289. The molecule has 0 atom stereocenters. The Morgan fingerprint density at radius 1 is 1.36 bits per heavy atom. The molecule has 1 aromatic rings. The lowest BCUT2D eigenvalue weighted by atomic mass is 10.2. The van der Waals surface area contributed by atoms with E-state index in [1.807, 2.05) is 0 Å². The number of hydrogen-bond acceptors (Lipinski definition) is 1. The predicted octanol–water partition coefficient (Wildman–Crippen LogP) is 2.12. The largest absolute Gasteiger partial charge is 0.374 e. The van der Waals surface area contributed by atoms with Gasteiger partial charge in [-0.3, -0.25) is 0 Å². The zero-order valence-corrected chi connectivity index (χ0v) is 5.97. The first-order valence-electron chi connectivity index (χ1n) is 3.05. The molecule has 3 heteroatoms. The number of halogens is 2. The lowest BCUT2D eigenvalue weighted by Gasteiger charge is -1.99. The van der Waals surface area contributed by atoms with Gasteiger partial charge in [-0.2, -0.15) is 0 Å². The summed E-state index contributed by atoms with van der Waals surface area (Å²) in [7, 11) is 1.38. The van der Waals surface area contributed by atoms with Crippen LogP contribution in [0.3, 0.4) is 0 Å². The fraction of sp³-hybridized carbons (Fsp3) is 0.125. The second-order valence-electron chi connectivity index (χ2n) is 2.02. The Bertz CT molecular complexity index is 248. The quantitative estimate of drug-likeness (QED) is 0.638. The third kappa shape index (κ3) is 1.98. The second kappa shape index (κ2) is 3.44. The maximum Gasteiger partial charge on any atom is 0.129 e. The van der Waals surface area contributed by atoms with Gasteiger partial charge in [-0.15, -0.1) is 0 Å². The average Bonchev–Trinajstić information content (AvgIpc) is 1.98. The van der Waals surface area contributed by atoms with Crippen molar-refractivity contribution in [2.75, 3.05) is 7.11 Å². The fourth-order valence-electron chi connectivity index (χ4n) is 0.732. The molecule has 0 amide bonds. The van der Waals surface area contributed by atoms with Crippen LogP contribution in [0, 0.1) is 18.2 Å². The minimum absolute atomic E-state index is 0.118. The van der Waals surface area contributed by atoms with Crippen LogP contribution in [-0.4, -0.2) is 7.11 Å². The molecule has 0 heterocycles. The molecule has 0 aliphatic rings.